The summed E-state index contributed by atoms with van der Waals surface area (Å²) in [5, 5.41) is 11.8. The first-order valence-corrected chi connectivity index (χ1v) is 9.68. The van der Waals surface area contributed by atoms with Gasteiger partial charge in [0.1, 0.15) is 11.8 Å². The molecule has 4 aromatic rings. The second-order valence-corrected chi connectivity index (χ2v) is 6.90. The number of hydrogen-bond donors (Lipinski definition) is 1. The van der Waals surface area contributed by atoms with E-state index in [1.165, 1.54) is 0 Å². The van der Waals surface area contributed by atoms with Crippen molar-refractivity contribution in [2.75, 3.05) is 6.61 Å². The highest BCUT2D eigenvalue weighted by Crippen LogP contribution is 2.25. The molecule has 0 aliphatic heterocycles. The number of nitrogens with one attached hydrogen (secondary N) is 1. The molecule has 150 valence electrons. The van der Waals surface area contributed by atoms with E-state index in [1.54, 1.807) is 24.3 Å². The summed E-state index contributed by atoms with van der Waals surface area (Å²) in [6.07, 6.45) is 0. The fourth-order valence-electron chi connectivity index (χ4n) is 2.86. The second-order valence-electron chi connectivity index (χ2n) is 6.47. The first kappa shape index (κ1) is 19.7. The van der Waals surface area contributed by atoms with Crippen LogP contribution in [0.2, 0.25) is 5.02 Å². The molecule has 0 spiro atoms. The predicted octanol–water partition coefficient (Wildman–Crippen LogP) is 4.67. The molecule has 1 heterocycles. The van der Waals surface area contributed by atoms with Crippen molar-refractivity contribution in [3.05, 3.63) is 101 Å². The van der Waals surface area contributed by atoms with E-state index in [2.05, 4.69) is 15.5 Å². The van der Waals surface area contributed by atoms with Crippen LogP contribution >= 0.6 is 11.6 Å². The minimum Gasteiger partial charge on any atom is -0.484 e. The van der Waals surface area contributed by atoms with Crippen LogP contribution in [0.3, 0.4) is 0 Å². The molecule has 1 N–H and O–H groups in total. The van der Waals surface area contributed by atoms with Crippen LogP contribution in [-0.2, 0) is 4.79 Å². The minimum absolute atomic E-state index is 0.162. The Balaban J connectivity index is 1.51. The van der Waals surface area contributed by atoms with Gasteiger partial charge in [-0.2, -0.15) is 0 Å². The average Bonchev–Trinajstić information content (AvgIpc) is 3.28. The van der Waals surface area contributed by atoms with Crippen LogP contribution in [-0.4, -0.2) is 22.7 Å². The fraction of sp³-hybridized carbons (Fsp3) is 0.0870. The lowest BCUT2D eigenvalue weighted by Gasteiger charge is -2.16. The number of rotatable bonds is 7. The Hall–Kier alpha value is -3.64. The summed E-state index contributed by atoms with van der Waals surface area (Å²) in [4.78, 5) is 12.6. The van der Waals surface area contributed by atoms with Crippen LogP contribution in [0.1, 0.15) is 17.5 Å². The van der Waals surface area contributed by atoms with E-state index in [4.69, 9.17) is 20.8 Å². The number of nitrogens with zero attached hydrogens (tertiary/aromatic N) is 2. The summed E-state index contributed by atoms with van der Waals surface area (Å²) >= 11 is 5.87. The van der Waals surface area contributed by atoms with Crippen LogP contribution in [0, 0.1) is 0 Å². The lowest BCUT2D eigenvalue weighted by molar-refractivity contribution is -0.123. The molecular weight excluding hydrogens is 402 g/mol. The van der Waals surface area contributed by atoms with Gasteiger partial charge in [0.15, 0.2) is 6.61 Å². The first-order valence-electron chi connectivity index (χ1n) is 9.30. The summed E-state index contributed by atoms with van der Waals surface area (Å²) in [6.45, 7) is -0.162. The highest BCUT2D eigenvalue weighted by atomic mass is 35.5. The summed E-state index contributed by atoms with van der Waals surface area (Å²) in [5.74, 6) is 0.909. The van der Waals surface area contributed by atoms with Crippen molar-refractivity contribution in [1.29, 1.82) is 0 Å². The number of amides is 1. The van der Waals surface area contributed by atoms with Gasteiger partial charge in [-0.3, -0.25) is 4.79 Å². The van der Waals surface area contributed by atoms with Crippen LogP contribution in [0.15, 0.2) is 89.3 Å². The predicted molar refractivity (Wildman–Crippen MR) is 113 cm³/mol. The normalized spacial score (nSPS) is 11.6. The van der Waals surface area contributed by atoms with Crippen molar-refractivity contribution in [2.45, 2.75) is 6.04 Å². The fourth-order valence-corrected chi connectivity index (χ4v) is 2.99. The summed E-state index contributed by atoms with van der Waals surface area (Å²) < 4.78 is 11.4. The second kappa shape index (κ2) is 9.24. The minimum atomic E-state index is -0.600. The van der Waals surface area contributed by atoms with Gasteiger partial charge in [-0.05, 0) is 42.0 Å². The zero-order valence-corrected chi connectivity index (χ0v) is 16.6. The first-order chi connectivity index (χ1) is 14.7. The monoisotopic (exact) mass is 419 g/mol. The van der Waals surface area contributed by atoms with Crippen molar-refractivity contribution >= 4 is 17.5 Å². The largest absolute Gasteiger partial charge is 0.484 e. The van der Waals surface area contributed by atoms with Crippen molar-refractivity contribution in [3.8, 4) is 17.2 Å². The van der Waals surface area contributed by atoms with Gasteiger partial charge < -0.3 is 14.5 Å². The van der Waals surface area contributed by atoms with Crippen LogP contribution in [0.4, 0.5) is 0 Å². The van der Waals surface area contributed by atoms with E-state index in [9.17, 15) is 4.79 Å². The van der Waals surface area contributed by atoms with E-state index in [1.807, 2.05) is 60.7 Å². The molecule has 1 atom stereocenters. The highest BCUT2D eigenvalue weighted by Gasteiger charge is 2.23. The number of carbonyl (C=O) groups is 1. The number of carbonyl (C=O) groups excluding carboxylic acids is 1. The SMILES string of the molecule is O=C(COc1ccc(Cl)cc1)N[C@H](c1ccccc1)c1nnc(-c2ccccc2)o1. The topological polar surface area (TPSA) is 77.2 Å². The molecule has 0 aliphatic carbocycles. The van der Waals surface area contributed by atoms with E-state index in [0.29, 0.717) is 22.6 Å². The lowest BCUT2D eigenvalue weighted by atomic mass is 10.1. The number of halogens is 1. The lowest BCUT2D eigenvalue weighted by Crippen LogP contribution is -2.33. The quantitative estimate of drug-likeness (QED) is 0.470. The molecule has 1 aromatic heterocycles. The zero-order valence-electron chi connectivity index (χ0n) is 15.9. The van der Waals surface area contributed by atoms with Gasteiger partial charge in [0.2, 0.25) is 11.8 Å². The average molecular weight is 420 g/mol. The van der Waals surface area contributed by atoms with Gasteiger partial charge in [0, 0.05) is 10.6 Å². The molecule has 0 fully saturated rings. The van der Waals surface area contributed by atoms with Gasteiger partial charge in [-0.15, -0.1) is 10.2 Å². The van der Waals surface area contributed by atoms with E-state index < -0.39 is 6.04 Å². The summed E-state index contributed by atoms with van der Waals surface area (Å²) in [5.41, 5.74) is 1.63. The number of hydrogen-bond acceptors (Lipinski definition) is 5. The van der Waals surface area contributed by atoms with E-state index in [-0.39, 0.29) is 12.5 Å². The summed E-state index contributed by atoms with van der Waals surface area (Å²) in [7, 11) is 0. The van der Waals surface area contributed by atoms with E-state index in [0.717, 1.165) is 11.1 Å². The Labute approximate surface area is 178 Å². The molecule has 4 rings (SSSR count). The Kier molecular flexibility index (Phi) is 6.06. The highest BCUT2D eigenvalue weighted by molar-refractivity contribution is 6.30. The maximum atomic E-state index is 12.6. The Morgan fingerprint density at radius 1 is 0.933 bits per heavy atom. The number of benzene rings is 3. The van der Waals surface area contributed by atoms with Crippen molar-refractivity contribution in [3.63, 3.8) is 0 Å². The smallest absolute Gasteiger partial charge is 0.258 e. The van der Waals surface area contributed by atoms with Gasteiger partial charge in [0.25, 0.3) is 5.91 Å². The molecule has 0 saturated heterocycles. The Bertz CT molecular complexity index is 1100. The van der Waals surface area contributed by atoms with Gasteiger partial charge in [-0.1, -0.05) is 60.1 Å². The molecule has 0 aliphatic rings. The van der Waals surface area contributed by atoms with Crippen molar-refractivity contribution < 1.29 is 13.9 Å². The Morgan fingerprint density at radius 3 is 2.30 bits per heavy atom. The number of aromatic nitrogens is 2. The summed E-state index contributed by atoms with van der Waals surface area (Å²) in [6, 6.07) is 25.1. The molecule has 1 amide bonds. The molecular formula is C23H18ClN3O3. The van der Waals surface area contributed by atoms with Crippen molar-refractivity contribution in [1.82, 2.24) is 15.5 Å². The molecule has 30 heavy (non-hydrogen) atoms. The molecule has 7 heteroatoms. The third-order valence-electron chi connectivity index (χ3n) is 4.33. The maximum Gasteiger partial charge on any atom is 0.258 e. The van der Waals surface area contributed by atoms with E-state index >= 15 is 0 Å². The number of ether oxygens (including phenoxy) is 1. The standard InChI is InChI=1S/C23H18ClN3O3/c24-18-11-13-19(14-12-18)29-15-20(28)25-21(16-7-3-1-4-8-16)23-27-26-22(30-23)17-9-5-2-6-10-17/h1-14,21H,15H2,(H,25,28)/t21-/m1/s1. The molecule has 0 bridgehead atoms. The molecule has 6 nitrogen and oxygen atoms in total. The molecule has 0 unspecified atom stereocenters. The van der Waals surface area contributed by atoms with Gasteiger partial charge in [0.05, 0.1) is 0 Å². The molecule has 0 saturated carbocycles. The van der Waals surface area contributed by atoms with Crippen LogP contribution < -0.4 is 10.1 Å². The zero-order chi connectivity index (χ0) is 20.8. The van der Waals surface area contributed by atoms with Crippen LogP contribution in [0.25, 0.3) is 11.5 Å². The Morgan fingerprint density at radius 2 is 1.60 bits per heavy atom. The maximum absolute atomic E-state index is 12.6. The van der Waals surface area contributed by atoms with Crippen molar-refractivity contribution in [2.24, 2.45) is 0 Å². The third-order valence-corrected chi connectivity index (χ3v) is 4.58. The molecule has 0 radical (unpaired) electrons. The molecule has 3 aromatic carbocycles. The van der Waals surface area contributed by atoms with Gasteiger partial charge >= 0.3 is 0 Å². The third kappa shape index (κ3) is 4.85. The van der Waals surface area contributed by atoms with Crippen LogP contribution in [0.5, 0.6) is 5.75 Å². The van der Waals surface area contributed by atoms with Gasteiger partial charge in [-0.25, -0.2) is 0 Å².